The topological polar surface area (TPSA) is 17.1 Å². The van der Waals surface area contributed by atoms with Crippen molar-refractivity contribution in [3.05, 3.63) is 35.2 Å². The van der Waals surface area contributed by atoms with E-state index in [2.05, 4.69) is 6.07 Å². The molecule has 0 saturated carbocycles. The third-order valence-corrected chi connectivity index (χ3v) is 2.98. The van der Waals surface area contributed by atoms with Crippen molar-refractivity contribution in [3.8, 4) is 0 Å². The minimum Gasteiger partial charge on any atom is -0.294 e. The molecule has 1 nitrogen and oxygen atoms in total. The van der Waals surface area contributed by atoms with Gasteiger partial charge in [0.2, 0.25) is 0 Å². The van der Waals surface area contributed by atoms with Crippen LogP contribution in [0.25, 0.3) is 10.1 Å². The molecule has 66 valence electrons. The first-order valence-corrected chi connectivity index (χ1v) is 5.19. The molecule has 0 aliphatic carbocycles. The molecule has 0 N–H and O–H groups in total. The lowest BCUT2D eigenvalue weighted by Gasteiger charge is -1.96. The lowest BCUT2D eigenvalue weighted by Crippen LogP contribution is -1.94. The summed E-state index contributed by atoms with van der Waals surface area (Å²) in [7, 11) is 0. The van der Waals surface area contributed by atoms with Crippen molar-refractivity contribution in [1.29, 1.82) is 0 Å². The van der Waals surface area contributed by atoms with Gasteiger partial charge < -0.3 is 0 Å². The van der Waals surface area contributed by atoms with Gasteiger partial charge in [0, 0.05) is 16.7 Å². The molecule has 0 spiro atoms. The second-order valence-electron chi connectivity index (χ2n) is 2.95. The molecule has 1 aromatic heterocycles. The molecule has 13 heavy (non-hydrogen) atoms. The molecule has 0 atom stereocenters. The highest BCUT2D eigenvalue weighted by atomic mass is 32.1. The SMILES string of the molecule is CCC(=O)c1ccc2ccsc2c1. The standard InChI is InChI=1S/C11H10OS/c1-2-10(12)9-4-3-8-5-6-13-11(8)7-9/h3-7H,2H2,1H3. The molecule has 2 aromatic rings. The second kappa shape index (κ2) is 3.30. The van der Waals surface area contributed by atoms with Crippen molar-refractivity contribution in [2.75, 3.05) is 0 Å². The van der Waals surface area contributed by atoms with Crippen LogP contribution in [0.2, 0.25) is 0 Å². The number of benzene rings is 1. The zero-order valence-electron chi connectivity index (χ0n) is 7.41. The van der Waals surface area contributed by atoms with Gasteiger partial charge in [0.25, 0.3) is 0 Å². The van der Waals surface area contributed by atoms with Crippen molar-refractivity contribution in [1.82, 2.24) is 0 Å². The van der Waals surface area contributed by atoms with Gasteiger partial charge in [-0.2, -0.15) is 0 Å². The smallest absolute Gasteiger partial charge is 0.162 e. The summed E-state index contributed by atoms with van der Waals surface area (Å²) >= 11 is 1.68. The molecule has 0 unspecified atom stereocenters. The highest BCUT2D eigenvalue weighted by molar-refractivity contribution is 7.17. The molecule has 0 bridgehead atoms. The van der Waals surface area contributed by atoms with E-state index in [-0.39, 0.29) is 5.78 Å². The highest BCUT2D eigenvalue weighted by Crippen LogP contribution is 2.22. The van der Waals surface area contributed by atoms with E-state index in [1.54, 1.807) is 11.3 Å². The molecular formula is C11H10OS. The largest absolute Gasteiger partial charge is 0.294 e. The fourth-order valence-corrected chi connectivity index (χ4v) is 2.16. The zero-order chi connectivity index (χ0) is 9.26. The predicted octanol–water partition coefficient (Wildman–Crippen LogP) is 3.49. The first-order chi connectivity index (χ1) is 6.31. The van der Waals surface area contributed by atoms with Crippen molar-refractivity contribution in [2.45, 2.75) is 13.3 Å². The third-order valence-electron chi connectivity index (χ3n) is 2.10. The van der Waals surface area contributed by atoms with E-state index < -0.39 is 0 Å². The van der Waals surface area contributed by atoms with Crippen LogP contribution in [-0.4, -0.2) is 5.78 Å². The van der Waals surface area contributed by atoms with Gasteiger partial charge in [0.05, 0.1) is 0 Å². The maximum atomic E-state index is 11.4. The number of Topliss-reactive ketones (excluding diaryl/α,β-unsaturated/α-hetero) is 1. The fourth-order valence-electron chi connectivity index (χ4n) is 1.33. The molecule has 1 heterocycles. The highest BCUT2D eigenvalue weighted by Gasteiger charge is 2.03. The van der Waals surface area contributed by atoms with Crippen molar-refractivity contribution >= 4 is 27.2 Å². The minimum absolute atomic E-state index is 0.218. The first kappa shape index (κ1) is 8.45. The van der Waals surface area contributed by atoms with Crippen LogP contribution in [0, 0.1) is 0 Å². The summed E-state index contributed by atoms with van der Waals surface area (Å²) in [6.45, 7) is 1.89. The third kappa shape index (κ3) is 1.49. The lowest BCUT2D eigenvalue weighted by molar-refractivity contribution is 0.0988. The second-order valence-corrected chi connectivity index (χ2v) is 3.90. The summed E-state index contributed by atoms with van der Waals surface area (Å²) < 4.78 is 1.19. The van der Waals surface area contributed by atoms with Gasteiger partial charge in [-0.3, -0.25) is 4.79 Å². The number of carbonyl (C=O) groups is 1. The average Bonchev–Trinajstić information content (AvgIpc) is 2.63. The Morgan fingerprint density at radius 3 is 3.00 bits per heavy atom. The van der Waals surface area contributed by atoms with Crippen LogP contribution in [0.5, 0.6) is 0 Å². The normalized spacial score (nSPS) is 10.5. The Morgan fingerprint density at radius 1 is 1.38 bits per heavy atom. The van der Waals surface area contributed by atoms with E-state index >= 15 is 0 Å². The van der Waals surface area contributed by atoms with Crippen LogP contribution in [0.15, 0.2) is 29.6 Å². The summed E-state index contributed by atoms with van der Waals surface area (Å²) in [4.78, 5) is 11.4. The molecule has 0 amide bonds. The van der Waals surface area contributed by atoms with Crippen molar-refractivity contribution in [3.63, 3.8) is 0 Å². The average molecular weight is 190 g/mol. The molecule has 2 rings (SSSR count). The van der Waals surface area contributed by atoms with E-state index in [1.165, 1.54) is 10.1 Å². The van der Waals surface area contributed by atoms with E-state index in [9.17, 15) is 4.79 Å². The Bertz CT molecular complexity index is 442. The van der Waals surface area contributed by atoms with Crippen molar-refractivity contribution in [2.24, 2.45) is 0 Å². The number of carbonyl (C=O) groups excluding carboxylic acids is 1. The number of hydrogen-bond donors (Lipinski definition) is 0. The molecule has 1 aromatic carbocycles. The molecule has 0 radical (unpaired) electrons. The van der Waals surface area contributed by atoms with E-state index in [4.69, 9.17) is 0 Å². The molecule has 0 aliphatic rings. The van der Waals surface area contributed by atoms with Crippen LogP contribution in [-0.2, 0) is 0 Å². The van der Waals surface area contributed by atoms with E-state index in [0.29, 0.717) is 6.42 Å². The molecule has 0 fully saturated rings. The lowest BCUT2D eigenvalue weighted by atomic mass is 10.1. The number of rotatable bonds is 2. The minimum atomic E-state index is 0.218. The quantitative estimate of drug-likeness (QED) is 0.662. The summed E-state index contributed by atoms with van der Waals surface area (Å²) in [5, 5.41) is 3.27. The predicted molar refractivity (Wildman–Crippen MR) is 56.4 cm³/mol. The van der Waals surface area contributed by atoms with Crippen LogP contribution in [0.3, 0.4) is 0 Å². The number of ketones is 1. The Labute approximate surface area is 81.0 Å². The zero-order valence-corrected chi connectivity index (χ0v) is 8.23. The van der Waals surface area contributed by atoms with Gasteiger partial charge >= 0.3 is 0 Å². The Hall–Kier alpha value is -1.15. The summed E-state index contributed by atoms with van der Waals surface area (Å²) in [5.74, 6) is 0.218. The van der Waals surface area contributed by atoms with Gasteiger partial charge in [0.1, 0.15) is 0 Å². The summed E-state index contributed by atoms with van der Waals surface area (Å²) in [5.41, 5.74) is 0.831. The Morgan fingerprint density at radius 2 is 2.23 bits per heavy atom. The van der Waals surface area contributed by atoms with Gasteiger partial charge in [-0.25, -0.2) is 0 Å². The van der Waals surface area contributed by atoms with Crippen LogP contribution in [0.1, 0.15) is 23.7 Å². The van der Waals surface area contributed by atoms with Gasteiger partial charge in [-0.15, -0.1) is 11.3 Å². The number of fused-ring (bicyclic) bond motifs is 1. The fraction of sp³-hybridized carbons (Fsp3) is 0.182. The molecular weight excluding hydrogens is 180 g/mol. The number of hydrogen-bond acceptors (Lipinski definition) is 2. The van der Waals surface area contributed by atoms with E-state index in [0.717, 1.165) is 5.56 Å². The Balaban J connectivity index is 2.54. The Kier molecular flexibility index (Phi) is 2.15. The van der Waals surface area contributed by atoms with Crippen LogP contribution >= 0.6 is 11.3 Å². The summed E-state index contributed by atoms with van der Waals surface area (Å²) in [6.07, 6.45) is 0.580. The molecule has 2 heteroatoms. The summed E-state index contributed by atoms with van der Waals surface area (Å²) in [6, 6.07) is 7.96. The number of thiophene rings is 1. The maximum absolute atomic E-state index is 11.4. The first-order valence-electron chi connectivity index (χ1n) is 4.31. The van der Waals surface area contributed by atoms with Gasteiger partial charge in [-0.05, 0) is 22.9 Å². The molecule has 0 aliphatic heterocycles. The van der Waals surface area contributed by atoms with E-state index in [1.807, 2.05) is 30.5 Å². The molecule has 0 saturated heterocycles. The monoisotopic (exact) mass is 190 g/mol. The van der Waals surface area contributed by atoms with Gasteiger partial charge in [-0.1, -0.05) is 19.1 Å². The van der Waals surface area contributed by atoms with Crippen LogP contribution in [0.4, 0.5) is 0 Å². The van der Waals surface area contributed by atoms with Crippen LogP contribution < -0.4 is 0 Å². The van der Waals surface area contributed by atoms with Crippen molar-refractivity contribution < 1.29 is 4.79 Å². The maximum Gasteiger partial charge on any atom is 0.162 e. The van der Waals surface area contributed by atoms with Gasteiger partial charge in [0.15, 0.2) is 5.78 Å².